The quantitative estimate of drug-likeness (QED) is 0.750. The molecule has 0 bridgehead atoms. The van der Waals surface area contributed by atoms with Crippen LogP contribution in [0.3, 0.4) is 0 Å². The fourth-order valence-electron chi connectivity index (χ4n) is 0.930. The monoisotopic (exact) mass is 255 g/mol. The minimum absolute atomic E-state index is 0.0351. The number of rotatable bonds is 4. The van der Waals surface area contributed by atoms with Crippen LogP contribution < -0.4 is 4.72 Å². The van der Waals surface area contributed by atoms with Gasteiger partial charge >= 0.3 is 5.97 Å². The van der Waals surface area contributed by atoms with Gasteiger partial charge in [-0.25, -0.2) is 13.4 Å². The van der Waals surface area contributed by atoms with E-state index < -0.39 is 21.7 Å². The van der Waals surface area contributed by atoms with Crippen molar-refractivity contribution >= 4 is 21.8 Å². The Morgan fingerprint density at radius 3 is 2.76 bits per heavy atom. The molecular formula is C9H9N3O4S. The summed E-state index contributed by atoms with van der Waals surface area (Å²) in [5.74, 6) is -1.62. The van der Waals surface area contributed by atoms with Crippen molar-refractivity contribution in [2.24, 2.45) is 0 Å². The summed E-state index contributed by atoms with van der Waals surface area (Å²) in [6.07, 6.45) is 1.22. The maximum atomic E-state index is 11.4. The average molecular weight is 255 g/mol. The van der Waals surface area contributed by atoms with Crippen LogP contribution in [0.25, 0.3) is 0 Å². The number of esters is 1. The zero-order valence-electron chi connectivity index (χ0n) is 8.87. The average Bonchev–Trinajstić information content (AvgIpc) is 2.28. The van der Waals surface area contributed by atoms with Crippen molar-refractivity contribution in [2.75, 3.05) is 17.6 Å². The van der Waals surface area contributed by atoms with Gasteiger partial charge in [0.15, 0.2) is 5.75 Å². The van der Waals surface area contributed by atoms with Gasteiger partial charge in [0.1, 0.15) is 11.9 Å². The number of methoxy groups -OCH3 is 1. The summed E-state index contributed by atoms with van der Waals surface area (Å²) in [5, 5.41) is 8.52. The molecule has 1 N–H and O–H groups in total. The van der Waals surface area contributed by atoms with Gasteiger partial charge in [0, 0.05) is 6.20 Å². The largest absolute Gasteiger partial charge is 0.468 e. The summed E-state index contributed by atoms with van der Waals surface area (Å²) in [6.45, 7) is 0. The Morgan fingerprint density at radius 1 is 1.59 bits per heavy atom. The fourth-order valence-corrected chi connectivity index (χ4v) is 1.87. The van der Waals surface area contributed by atoms with E-state index in [0.29, 0.717) is 5.56 Å². The van der Waals surface area contributed by atoms with E-state index in [2.05, 4.69) is 14.4 Å². The van der Waals surface area contributed by atoms with Crippen LogP contribution in [0.1, 0.15) is 5.56 Å². The number of sulfonamides is 1. The number of hydrogen-bond acceptors (Lipinski definition) is 6. The second-order valence-corrected chi connectivity index (χ2v) is 4.70. The molecule has 0 aromatic carbocycles. The minimum Gasteiger partial charge on any atom is -0.468 e. The first kappa shape index (κ1) is 12.9. The van der Waals surface area contributed by atoms with E-state index in [0.717, 1.165) is 7.11 Å². The standard InChI is InChI=1S/C9H9N3O4S/c1-16-9(13)6-17(14,15)12-8-3-2-7(4-10)5-11-8/h2-3,5H,6H2,1H3,(H,11,12). The van der Waals surface area contributed by atoms with Crippen molar-refractivity contribution in [3.05, 3.63) is 23.9 Å². The Labute approximate surface area is 98.1 Å². The Balaban J connectivity index is 2.77. The first-order valence-corrected chi connectivity index (χ1v) is 6.05. The number of aromatic nitrogens is 1. The Hall–Kier alpha value is -2.14. The SMILES string of the molecule is COC(=O)CS(=O)(=O)Nc1ccc(C#N)cn1. The van der Waals surface area contributed by atoms with Crippen molar-refractivity contribution < 1.29 is 17.9 Å². The molecule has 0 aliphatic heterocycles. The predicted octanol–water partition coefficient (Wildman–Crippen LogP) is -0.132. The lowest BCUT2D eigenvalue weighted by atomic mass is 10.3. The lowest BCUT2D eigenvalue weighted by Crippen LogP contribution is -2.24. The van der Waals surface area contributed by atoms with Crippen LogP contribution in [0, 0.1) is 11.3 Å². The third-order valence-electron chi connectivity index (χ3n) is 1.69. The molecule has 0 fully saturated rings. The van der Waals surface area contributed by atoms with Gasteiger partial charge in [-0.2, -0.15) is 5.26 Å². The number of nitriles is 1. The third kappa shape index (κ3) is 4.08. The highest BCUT2D eigenvalue weighted by Gasteiger charge is 2.17. The van der Waals surface area contributed by atoms with Crippen LogP contribution in [-0.4, -0.2) is 32.2 Å². The van der Waals surface area contributed by atoms with Gasteiger partial charge in [-0.05, 0) is 12.1 Å². The Morgan fingerprint density at radius 2 is 2.29 bits per heavy atom. The van der Waals surface area contributed by atoms with Gasteiger partial charge in [0.2, 0.25) is 10.0 Å². The van der Waals surface area contributed by atoms with Gasteiger partial charge in [0.05, 0.1) is 12.7 Å². The van der Waals surface area contributed by atoms with Crippen LogP contribution in [0.15, 0.2) is 18.3 Å². The molecule has 0 aliphatic rings. The van der Waals surface area contributed by atoms with E-state index in [-0.39, 0.29) is 5.82 Å². The van der Waals surface area contributed by atoms with Crippen molar-refractivity contribution in [3.63, 3.8) is 0 Å². The zero-order chi connectivity index (χ0) is 12.9. The number of pyridine rings is 1. The summed E-state index contributed by atoms with van der Waals surface area (Å²) < 4.78 is 29.1. The highest BCUT2D eigenvalue weighted by molar-refractivity contribution is 7.93. The topological polar surface area (TPSA) is 109 Å². The lowest BCUT2D eigenvalue weighted by Gasteiger charge is -2.05. The molecule has 1 aromatic heterocycles. The van der Waals surface area contributed by atoms with Crippen LogP contribution in [0.4, 0.5) is 5.82 Å². The van der Waals surface area contributed by atoms with Gasteiger partial charge in [0.25, 0.3) is 0 Å². The number of nitrogens with zero attached hydrogens (tertiary/aromatic N) is 2. The first-order valence-electron chi connectivity index (χ1n) is 4.40. The van der Waals surface area contributed by atoms with E-state index in [9.17, 15) is 13.2 Å². The van der Waals surface area contributed by atoms with Crippen LogP contribution in [0.5, 0.6) is 0 Å². The Bertz CT molecular complexity index is 545. The molecule has 1 rings (SSSR count). The fraction of sp³-hybridized carbons (Fsp3) is 0.222. The number of hydrogen-bond donors (Lipinski definition) is 1. The molecule has 7 nitrogen and oxygen atoms in total. The number of anilines is 1. The van der Waals surface area contributed by atoms with Crippen molar-refractivity contribution in [1.82, 2.24) is 4.98 Å². The van der Waals surface area contributed by atoms with Crippen molar-refractivity contribution in [1.29, 1.82) is 5.26 Å². The summed E-state index contributed by atoms with van der Waals surface area (Å²) >= 11 is 0. The molecule has 17 heavy (non-hydrogen) atoms. The van der Waals surface area contributed by atoms with E-state index >= 15 is 0 Å². The molecule has 0 aliphatic carbocycles. The smallest absolute Gasteiger partial charge is 0.322 e. The van der Waals surface area contributed by atoms with Crippen molar-refractivity contribution in [2.45, 2.75) is 0 Å². The summed E-state index contributed by atoms with van der Waals surface area (Å²) in [5.41, 5.74) is 0.306. The predicted molar refractivity (Wildman–Crippen MR) is 58.4 cm³/mol. The van der Waals surface area contributed by atoms with E-state index in [1.54, 1.807) is 0 Å². The van der Waals surface area contributed by atoms with Gasteiger partial charge < -0.3 is 4.74 Å². The van der Waals surface area contributed by atoms with Crippen LogP contribution in [0.2, 0.25) is 0 Å². The highest BCUT2D eigenvalue weighted by Crippen LogP contribution is 2.06. The molecule has 8 heteroatoms. The summed E-state index contributed by atoms with van der Waals surface area (Å²) in [6, 6.07) is 4.58. The second-order valence-electron chi connectivity index (χ2n) is 2.98. The van der Waals surface area contributed by atoms with Gasteiger partial charge in [-0.3, -0.25) is 9.52 Å². The number of carbonyl (C=O) groups is 1. The molecule has 0 unspecified atom stereocenters. The third-order valence-corrected chi connectivity index (χ3v) is 2.82. The lowest BCUT2D eigenvalue weighted by molar-refractivity contribution is -0.137. The van der Waals surface area contributed by atoms with E-state index in [1.165, 1.54) is 18.3 Å². The number of carbonyl (C=O) groups excluding carboxylic acids is 1. The molecule has 0 radical (unpaired) electrons. The highest BCUT2D eigenvalue weighted by atomic mass is 32.2. The van der Waals surface area contributed by atoms with E-state index in [4.69, 9.17) is 5.26 Å². The molecule has 0 atom stereocenters. The van der Waals surface area contributed by atoms with Crippen molar-refractivity contribution in [3.8, 4) is 6.07 Å². The van der Waals surface area contributed by atoms with Gasteiger partial charge in [-0.15, -0.1) is 0 Å². The molecule has 0 spiro atoms. The molecule has 0 saturated heterocycles. The normalized spacial score (nSPS) is 10.4. The second kappa shape index (κ2) is 5.27. The van der Waals surface area contributed by atoms with Crippen LogP contribution in [-0.2, 0) is 19.6 Å². The maximum Gasteiger partial charge on any atom is 0.322 e. The minimum atomic E-state index is -3.84. The number of nitrogens with one attached hydrogen (secondary N) is 1. The number of ether oxygens (including phenoxy) is 1. The summed E-state index contributed by atoms with van der Waals surface area (Å²) in [7, 11) is -2.74. The zero-order valence-corrected chi connectivity index (χ0v) is 9.69. The summed E-state index contributed by atoms with van der Waals surface area (Å²) in [4.78, 5) is 14.5. The maximum absolute atomic E-state index is 11.4. The molecule has 1 heterocycles. The van der Waals surface area contributed by atoms with E-state index in [1.807, 2.05) is 6.07 Å². The van der Waals surface area contributed by atoms with Gasteiger partial charge in [-0.1, -0.05) is 0 Å². The van der Waals surface area contributed by atoms with Crippen LogP contribution >= 0.6 is 0 Å². The molecular weight excluding hydrogens is 246 g/mol. The molecule has 1 aromatic rings. The molecule has 0 saturated carbocycles. The molecule has 0 amide bonds. The Kier molecular flexibility index (Phi) is 4.01. The molecule has 90 valence electrons. The first-order chi connectivity index (χ1) is 7.96.